The lowest BCUT2D eigenvalue weighted by Crippen LogP contribution is -2.53. The molecule has 1 saturated carbocycles. The molecule has 6 rings (SSSR count). The van der Waals surface area contributed by atoms with Crippen molar-refractivity contribution in [2.45, 2.75) is 49.7 Å². The van der Waals surface area contributed by atoms with Gasteiger partial charge in [-0.05, 0) is 55.5 Å². The van der Waals surface area contributed by atoms with E-state index >= 15 is 4.39 Å². The minimum absolute atomic E-state index is 0.0277. The van der Waals surface area contributed by atoms with Crippen LogP contribution < -0.4 is 5.32 Å². The molecule has 0 radical (unpaired) electrons. The zero-order chi connectivity index (χ0) is 33.9. The highest BCUT2D eigenvalue weighted by Crippen LogP contribution is 2.60. The fourth-order valence-electron chi connectivity index (χ4n) is 7.20. The maximum absolute atomic E-state index is 16.0. The van der Waals surface area contributed by atoms with Gasteiger partial charge in [0.15, 0.2) is 5.78 Å². The molecule has 1 unspecified atom stereocenters. The van der Waals surface area contributed by atoms with Crippen LogP contribution in [0.25, 0.3) is 0 Å². The Morgan fingerprint density at radius 2 is 1.83 bits per heavy atom. The number of Topliss-reactive ketones (excluding diaryl/α,β-unsaturated/α-hetero) is 1. The Hall–Kier alpha value is -4.46. The van der Waals surface area contributed by atoms with E-state index in [1.165, 1.54) is 43.3 Å². The van der Waals surface area contributed by atoms with E-state index in [-0.39, 0.29) is 50.4 Å². The topological polar surface area (TPSA) is 162 Å². The first-order chi connectivity index (χ1) is 22.3. The lowest BCUT2D eigenvalue weighted by Gasteiger charge is -2.38. The highest BCUT2D eigenvalue weighted by Gasteiger charge is 2.71. The summed E-state index contributed by atoms with van der Waals surface area (Å²) in [6.07, 6.45) is 0.898. The van der Waals surface area contributed by atoms with Gasteiger partial charge in [-0.1, -0.05) is 41.4 Å². The average Bonchev–Trinajstić information content (AvgIpc) is 3.74. The molecule has 1 N–H and O–H groups in total. The Morgan fingerprint density at radius 1 is 1.11 bits per heavy atom. The number of benzene rings is 3. The van der Waals surface area contributed by atoms with E-state index < -0.39 is 69.0 Å². The number of fused-ring (bicyclic) bond motifs is 2. The number of aryl methyl sites for hydroxylation is 1. The Bertz CT molecular complexity index is 1890. The van der Waals surface area contributed by atoms with Crippen molar-refractivity contribution in [1.82, 2.24) is 4.90 Å². The van der Waals surface area contributed by atoms with Crippen LogP contribution in [0.2, 0.25) is 10.0 Å². The van der Waals surface area contributed by atoms with Crippen LogP contribution in [0.15, 0.2) is 48.5 Å². The van der Waals surface area contributed by atoms with Crippen LogP contribution in [-0.2, 0) is 15.1 Å². The average molecular weight is 685 g/mol. The number of hydrogen-bond donors (Lipinski definition) is 1. The summed E-state index contributed by atoms with van der Waals surface area (Å²) in [5, 5.41) is 28.0. The molecule has 15 heteroatoms. The number of carbonyl (C=O) groups is 3. The first-order valence-corrected chi connectivity index (χ1v) is 15.4. The summed E-state index contributed by atoms with van der Waals surface area (Å²) < 4.78 is 20.7. The standard InChI is InChI=1S/C32H27Cl2FN4O8/c1-15-10-20(24(38(43)44)12-19(15)30(41)47-2)26(40)13-25-29(39(45)46)27(18-4-3-5-22(34)28(18)35)32(37(25)14-16-6-7-16)21-9-8-17(33)11-23(21)36-31(32)42/h3-5,8-12,16,25,27,29H,6-7,13-14H2,1-2H3,(H,36,42)/t25-,27-,29?,32+/m0/s1. The maximum Gasteiger partial charge on any atom is 0.338 e. The Morgan fingerprint density at radius 3 is 2.47 bits per heavy atom. The number of halogens is 3. The monoisotopic (exact) mass is 684 g/mol. The summed E-state index contributed by atoms with van der Waals surface area (Å²) in [5.41, 5.74) is -2.40. The predicted octanol–water partition coefficient (Wildman–Crippen LogP) is 6.08. The van der Waals surface area contributed by atoms with Crippen molar-refractivity contribution >= 4 is 52.2 Å². The number of ketones is 1. The molecule has 4 atom stereocenters. The van der Waals surface area contributed by atoms with E-state index in [2.05, 4.69) is 5.32 Å². The number of methoxy groups -OCH3 is 1. The van der Waals surface area contributed by atoms with Gasteiger partial charge in [0.05, 0.1) is 40.1 Å². The number of nitro groups is 2. The molecule has 12 nitrogen and oxygen atoms in total. The van der Waals surface area contributed by atoms with Gasteiger partial charge in [-0.3, -0.25) is 34.7 Å². The van der Waals surface area contributed by atoms with Crippen LogP contribution in [0.5, 0.6) is 0 Å². The third kappa shape index (κ3) is 5.22. The molecule has 2 aliphatic heterocycles. The number of nitrogens with one attached hydrogen (secondary N) is 1. The highest BCUT2D eigenvalue weighted by molar-refractivity contribution is 6.31. The molecule has 2 heterocycles. The molecule has 3 aromatic rings. The second kappa shape index (κ2) is 12.0. The molecule has 1 amide bonds. The fraction of sp³-hybridized carbons (Fsp3) is 0.344. The number of amides is 1. The molecule has 3 aliphatic rings. The number of rotatable bonds is 9. The van der Waals surface area contributed by atoms with Crippen molar-refractivity contribution in [3.63, 3.8) is 0 Å². The van der Waals surface area contributed by atoms with Gasteiger partial charge >= 0.3 is 5.97 Å². The molecule has 1 aliphatic carbocycles. The Labute approximate surface area is 277 Å². The van der Waals surface area contributed by atoms with Gasteiger partial charge < -0.3 is 10.1 Å². The first kappa shape index (κ1) is 32.5. The van der Waals surface area contributed by atoms with E-state index in [0.29, 0.717) is 5.56 Å². The summed E-state index contributed by atoms with van der Waals surface area (Å²) in [6, 6.07) is 7.69. The fourth-order valence-corrected chi connectivity index (χ4v) is 7.56. The van der Waals surface area contributed by atoms with Crippen molar-refractivity contribution in [3.8, 4) is 0 Å². The lowest BCUT2D eigenvalue weighted by atomic mass is 9.73. The first-order valence-electron chi connectivity index (χ1n) is 14.7. The molecular weight excluding hydrogens is 658 g/mol. The van der Waals surface area contributed by atoms with Crippen LogP contribution in [0, 0.1) is 38.9 Å². The summed E-state index contributed by atoms with van der Waals surface area (Å²) >= 11 is 12.4. The minimum atomic E-state index is -1.87. The molecule has 244 valence electrons. The van der Waals surface area contributed by atoms with Crippen molar-refractivity contribution in [1.29, 1.82) is 0 Å². The number of likely N-dealkylation sites (tertiary alicyclic amines) is 1. The van der Waals surface area contributed by atoms with Crippen molar-refractivity contribution in [2.75, 3.05) is 19.0 Å². The van der Waals surface area contributed by atoms with Gasteiger partial charge in [-0.15, -0.1) is 0 Å². The molecular formula is C32H27Cl2FN4O8. The van der Waals surface area contributed by atoms with Crippen LogP contribution >= 0.6 is 23.2 Å². The number of nitro benzene ring substituents is 1. The van der Waals surface area contributed by atoms with Crippen LogP contribution in [-0.4, -0.2) is 58.1 Å². The van der Waals surface area contributed by atoms with Gasteiger partial charge in [0.25, 0.3) is 11.6 Å². The molecule has 3 aromatic carbocycles. The summed E-state index contributed by atoms with van der Waals surface area (Å²) in [4.78, 5) is 66.1. The molecule has 1 saturated heterocycles. The third-order valence-electron chi connectivity index (χ3n) is 9.38. The number of nitrogens with zero attached hydrogens (tertiary/aromatic N) is 3. The SMILES string of the molecule is COC(=O)c1cc([N+](=O)[O-])c(C(=O)C[C@H]2C([N+](=O)[O-])[C@H](c3cccc(Cl)c3F)[C@]3(C(=O)Nc4cc(Cl)ccc43)N2CC2CC2)cc1C. The maximum atomic E-state index is 16.0. The number of hydrogen-bond acceptors (Lipinski definition) is 9. The lowest BCUT2D eigenvalue weighted by molar-refractivity contribution is -0.528. The number of anilines is 1. The van der Waals surface area contributed by atoms with E-state index in [0.717, 1.165) is 26.0 Å². The molecule has 0 aromatic heterocycles. The van der Waals surface area contributed by atoms with E-state index in [4.69, 9.17) is 27.9 Å². The Kier molecular flexibility index (Phi) is 8.27. The quantitative estimate of drug-likeness (QED) is 0.122. The van der Waals surface area contributed by atoms with E-state index in [9.17, 15) is 34.6 Å². The molecule has 0 bridgehead atoms. The van der Waals surface area contributed by atoms with Gasteiger partial charge in [-0.2, -0.15) is 0 Å². The Balaban J connectivity index is 1.57. The molecule has 2 fully saturated rings. The van der Waals surface area contributed by atoms with Crippen LogP contribution in [0.4, 0.5) is 15.8 Å². The van der Waals surface area contributed by atoms with Crippen LogP contribution in [0.3, 0.4) is 0 Å². The summed E-state index contributed by atoms with van der Waals surface area (Å²) in [6.45, 7) is 1.62. The van der Waals surface area contributed by atoms with E-state index in [1.54, 1.807) is 11.0 Å². The second-order valence-electron chi connectivity index (χ2n) is 12.0. The third-order valence-corrected chi connectivity index (χ3v) is 9.90. The normalized spacial score (nSPS) is 23.4. The number of ether oxygens (including phenoxy) is 1. The van der Waals surface area contributed by atoms with Gasteiger partial charge in [0.1, 0.15) is 11.4 Å². The number of carbonyl (C=O) groups excluding carboxylic acids is 3. The van der Waals surface area contributed by atoms with Crippen LogP contribution in [0.1, 0.15) is 62.6 Å². The largest absolute Gasteiger partial charge is 0.465 e. The second-order valence-corrected chi connectivity index (χ2v) is 12.9. The zero-order valence-corrected chi connectivity index (χ0v) is 26.5. The molecule has 47 heavy (non-hydrogen) atoms. The van der Waals surface area contributed by atoms with E-state index in [1.807, 2.05) is 0 Å². The molecule has 1 spiro atoms. The summed E-state index contributed by atoms with van der Waals surface area (Å²) in [5.74, 6) is -4.72. The van der Waals surface area contributed by atoms with Crippen molar-refractivity contribution < 1.29 is 33.4 Å². The van der Waals surface area contributed by atoms with Gasteiger partial charge in [0.2, 0.25) is 6.04 Å². The van der Waals surface area contributed by atoms with Crippen molar-refractivity contribution in [2.24, 2.45) is 5.92 Å². The minimum Gasteiger partial charge on any atom is -0.465 e. The van der Waals surface area contributed by atoms with Gasteiger partial charge in [0, 0.05) is 45.8 Å². The van der Waals surface area contributed by atoms with Gasteiger partial charge in [-0.25, -0.2) is 9.18 Å². The zero-order valence-electron chi connectivity index (χ0n) is 25.0. The van der Waals surface area contributed by atoms with Crippen molar-refractivity contribution in [3.05, 3.63) is 112 Å². The smallest absolute Gasteiger partial charge is 0.338 e. The summed E-state index contributed by atoms with van der Waals surface area (Å²) in [7, 11) is 1.11. The number of esters is 1. The highest BCUT2D eigenvalue weighted by atomic mass is 35.5. The predicted molar refractivity (Wildman–Crippen MR) is 168 cm³/mol.